The molecule has 1 N–H and O–H groups in total. The van der Waals surface area contributed by atoms with Crippen LogP contribution >= 0.6 is 0 Å². The lowest BCUT2D eigenvalue weighted by atomic mass is 10.1. The van der Waals surface area contributed by atoms with Gasteiger partial charge in [0.05, 0.1) is 5.52 Å². The van der Waals surface area contributed by atoms with Crippen LogP contribution < -0.4 is 4.74 Å². The normalized spacial score (nSPS) is 10.9. The molecule has 22 heavy (non-hydrogen) atoms. The van der Waals surface area contributed by atoms with Crippen LogP contribution in [0.1, 0.15) is 0 Å². The van der Waals surface area contributed by atoms with Crippen molar-refractivity contribution >= 4 is 21.7 Å². The molecule has 0 amide bonds. The summed E-state index contributed by atoms with van der Waals surface area (Å²) in [5.41, 5.74) is 0.901. The summed E-state index contributed by atoms with van der Waals surface area (Å²) in [6.45, 7) is 0. The largest absolute Gasteiger partial charge is 0.507 e. The first-order valence-corrected chi connectivity index (χ1v) is 7.05. The number of hydrogen-bond donors (Lipinski definition) is 1. The van der Waals surface area contributed by atoms with Crippen molar-refractivity contribution in [1.29, 1.82) is 0 Å². The monoisotopic (exact) mass is 287 g/mol. The summed E-state index contributed by atoms with van der Waals surface area (Å²) in [5, 5.41) is 12.6. The van der Waals surface area contributed by atoms with E-state index in [0.29, 0.717) is 0 Å². The van der Waals surface area contributed by atoms with Gasteiger partial charge in [0.15, 0.2) is 0 Å². The fourth-order valence-electron chi connectivity index (χ4n) is 2.59. The Morgan fingerprint density at radius 1 is 0.818 bits per heavy atom. The van der Waals surface area contributed by atoms with E-state index in [1.165, 1.54) is 0 Å². The van der Waals surface area contributed by atoms with Crippen LogP contribution in [0.2, 0.25) is 0 Å². The number of aromatic nitrogens is 1. The third-order valence-corrected chi connectivity index (χ3v) is 3.67. The highest BCUT2D eigenvalue weighted by Crippen LogP contribution is 2.32. The Bertz CT molecular complexity index is 974. The van der Waals surface area contributed by atoms with E-state index in [-0.39, 0.29) is 5.75 Å². The smallest absolute Gasteiger partial charge is 0.138 e. The second-order valence-corrected chi connectivity index (χ2v) is 5.09. The van der Waals surface area contributed by atoms with Crippen LogP contribution in [0, 0.1) is 0 Å². The minimum absolute atomic E-state index is 0.276. The summed E-state index contributed by atoms with van der Waals surface area (Å²) < 4.78 is 6.02. The minimum Gasteiger partial charge on any atom is -0.507 e. The molecule has 0 spiro atoms. The number of phenolic OH excluding ortho intramolecular Hbond substituents is 1. The van der Waals surface area contributed by atoms with Crippen LogP contribution in [-0.4, -0.2) is 10.1 Å². The standard InChI is InChI=1S/C19H13NO2/c21-18-7-3-4-13-12-14(8-9-15(13)18)22-19-10-11-20-17-6-2-1-5-16(17)19/h1-12,21H. The summed E-state index contributed by atoms with van der Waals surface area (Å²) >= 11 is 0. The van der Waals surface area contributed by atoms with Gasteiger partial charge in [0.25, 0.3) is 0 Å². The first-order chi connectivity index (χ1) is 10.8. The van der Waals surface area contributed by atoms with E-state index in [9.17, 15) is 5.11 Å². The van der Waals surface area contributed by atoms with Crippen LogP contribution in [0.15, 0.2) is 72.9 Å². The molecule has 3 nitrogen and oxygen atoms in total. The van der Waals surface area contributed by atoms with Gasteiger partial charge in [-0.05, 0) is 47.9 Å². The Balaban J connectivity index is 1.79. The molecule has 106 valence electrons. The Morgan fingerprint density at radius 2 is 1.73 bits per heavy atom. The molecule has 3 aromatic carbocycles. The number of aromatic hydroxyl groups is 1. The Kier molecular flexibility index (Phi) is 2.90. The maximum Gasteiger partial charge on any atom is 0.138 e. The van der Waals surface area contributed by atoms with Crippen LogP contribution in [0.3, 0.4) is 0 Å². The maximum atomic E-state index is 9.84. The number of ether oxygens (including phenoxy) is 1. The van der Waals surface area contributed by atoms with Gasteiger partial charge < -0.3 is 9.84 Å². The molecule has 0 saturated carbocycles. The van der Waals surface area contributed by atoms with Crippen LogP contribution in [-0.2, 0) is 0 Å². The van der Waals surface area contributed by atoms with Crippen molar-refractivity contribution in [2.45, 2.75) is 0 Å². The predicted octanol–water partition coefficient (Wildman–Crippen LogP) is 4.89. The maximum absolute atomic E-state index is 9.84. The van der Waals surface area contributed by atoms with Gasteiger partial charge in [-0.1, -0.05) is 24.3 Å². The first-order valence-electron chi connectivity index (χ1n) is 7.05. The second-order valence-electron chi connectivity index (χ2n) is 5.09. The molecule has 0 radical (unpaired) electrons. The zero-order chi connectivity index (χ0) is 14.9. The second kappa shape index (κ2) is 5.04. The van der Waals surface area contributed by atoms with Gasteiger partial charge in [0, 0.05) is 17.0 Å². The Morgan fingerprint density at radius 3 is 2.68 bits per heavy atom. The quantitative estimate of drug-likeness (QED) is 0.571. The molecular weight excluding hydrogens is 274 g/mol. The van der Waals surface area contributed by atoms with Gasteiger partial charge in [-0.3, -0.25) is 4.98 Å². The SMILES string of the molecule is Oc1cccc2cc(Oc3ccnc4ccccc34)ccc12. The molecule has 4 aromatic rings. The number of para-hydroxylation sites is 1. The number of hydrogen-bond acceptors (Lipinski definition) is 3. The third-order valence-electron chi connectivity index (χ3n) is 3.67. The molecule has 0 aliphatic carbocycles. The van der Waals surface area contributed by atoms with Crippen molar-refractivity contribution in [1.82, 2.24) is 4.98 Å². The average molecular weight is 287 g/mol. The number of pyridine rings is 1. The van der Waals surface area contributed by atoms with Gasteiger partial charge in [-0.2, -0.15) is 0 Å². The predicted molar refractivity (Wildman–Crippen MR) is 87.4 cm³/mol. The zero-order valence-electron chi connectivity index (χ0n) is 11.7. The number of phenols is 1. The zero-order valence-corrected chi connectivity index (χ0v) is 11.7. The van der Waals surface area contributed by atoms with Gasteiger partial charge in [0.1, 0.15) is 17.2 Å². The summed E-state index contributed by atoms with van der Waals surface area (Å²) in [5.74, 6) is 1.78. The summed E-state index contributed by atoms with van der Waals surface area (Å²) in [6, 6.07) is 20.8. The van der Waals surface area contributed by atoms with Gasteiger partial charge >= 0.3 is 0 Å². The summed E-state index contributed by atoms with van der Waals surface area (Å²) in [6.07, 6.45) is 1.74. The molecule has 0 aliphatic heterocycles. The van der Waals surface area contributed by atoms with Crippen LogP contribution in [0.5, 0.6) is 17.2 Å². The molecule has 0 unspecified atom stereocenters. The van der Waals surface area contributed by atoms with E-state index in [2.05, 4.69) is 4.98 Å². The molecule has 3 heteroatoms. The lowest BCUT2D eigenvalue weighted by molar-refractivity contribution is 0.480. The molecule has 0 atom stereocenters. The molecule has 0 bridgehead atoms. The van der Waals surface area contributed by atoms with E-state index in [1.807, 2.05) is 60.7 Å². The average Bonchev–Trinajstić information content (AvgIpc) is 2.55. The number of fused-ring (bicyclic) bond motifs is 2. The molecule has 4 rings (SSSR count). The van der Waals surface area contributed by atoms with Crippen molar-refractivity contribution in [2.75, 3.05) is 0 Å². The van der Waals surface area contributed by atoms with Gasteiger partial charge in [0.2, 0.25) is 0 Å². The van der Waals surface area contributed by atoms with Crippen molar-refractivity contribution in [3.8, 4) is 17.2 Å². The minimum atomic E-state index is 0.276. The number of benzene rings is 3. The van der Waals surface area contributed by atoms with E-state index < -0.39 is 0 Å². The summed E-state index contributed by atoms with van der Waals surface area (Å²) in [4.78, 5) is 4.33. The third kappa shape index (κ3) is 2.13. The Hall–Kier alpha value is -3.07. The topological polar surface area (TPSA) is 42.4 Å². The first kappa shape index (κ1) is 12.7. The van der Waals surface area contributed by atoms with Crippen LogP contribution in [0.25, 0.3) is 21.7 Å². The number of nitrogens with zero attached hydrogens (tertiary/aromatic N) is 1. The van der Waals surface area contributed by atoms with Crippen molar-refractivity contribution in [3.05, 3.63) is 72.9 Å². The number of rotatable bonds is 2. The molecular formula is C19H13NO2. The van der Waals surface area contributed by atoms with Crippen molar-refractivity contribution in [2.24, 2.45) is 0 Å². The van der Waals surface area contributed by atoms with E-state index in [4.69, 9.17) is 4.74 Å². The van der Waals surface area contributed by atoms with E-state index >= 15 is 0 Å². The molecule has 1 heterocycles. The van der Waals surface area contributed by atoms with E-state index in [1.54, 1.807) is 12.3 Å². The highest BCUT2D eigenvalue weighted by atomic mass is 16.5. The van der Waals surface area contributed by atoms with Gasteiger partial charge in [-0.25, -0.2) is 0 Å². The Labute approximate surface area is 127 Å². The lowest BCUT2D eigenvalue weighted by Gasteiger charge is -2.09. The fourth-order valence-corrected chi connectivity index (χ4v) is 2.59. The molecule has 0 aliphatic rings. The van der Waals surface area contributed by atoms with Gasteiger partial charge in [-0.15, -0.1) is 0 Å². The highest BCUT2D eigenvalue weighted by Gasteiger charge is 2.05. The van der Waals surface area contributed by atoms with Crippen molar-refractivity contribution < 1.29 is 9.84 Å². The fraction of sp³-hybridized carbons (Fsp3) is 0. The van der Waals surface area contributed by atoms with Crippen LogP contribution in [0.4, 0.5) is 0 Å². The highest BCUT2D eigenvalue weighted by molar-refractivity contribution is 5.89. The molecule has 0 fully saturated rings. The molecule has 1 aromatic heterocycles. The molecule has 0 saturated heterocycles. The van der Waals surface area contributed by atoms with E-state index in [0.717, 1.165) is 33.2 Å². The lowest BCUT2D eigenvalue weighted by Crippen LogP contribution is -1.87. The van der Waals surface area contributed by atoms with Crippen molar-refractivity contribution in [3.63, 3.8) is 0 Å². The summed E-state index contributed by atoms with van der Waals surface area (Å²) in [7, 11) is 0.